The van der Waals surface area contributed by atoms with E-state index in [-0.39, 0.29) is 55.0 Å². The van der Waals surface area contributed by atoms with Gasteiger partial charge >= 0.3 is 41.5 Å². The summed E-state index contributed by atoms with van der Waals surface area (Å²) in [7, 11) is -4.76. The summed E-state index contributed by atoms with van der Waals surface area (Å²) in [4.78, 5) is 23.5. The predicted molar refractivity (Wildman–Crippen MR) is 81.9 cm³/mol. The van der Waals surface area contributed by atoms with Crippen molar-refractivity contribution in [3.63, 3.8) is 0 Å². The van der Waals surface area contributed by atoms with Crippen LogP contribution in [0.15, 0.2) is 0 Å². The van der Waals surface area contributed by atoms with Crippen LogP contribution >= 0.6 is 0 Å². The molecule has 1 N–H and O–H groups in total. The van der Waals surface area contributed by atoms with Crippen molar-refractivity contribution >= 4 is 22.1 Å². The Balaban J connectivity index is -0.00000220. The Hall–Kier alpha value is -0.150. The van der Waals surface area contributed by atoms with E-state index in [1.165, 1.54) is 0 Å². The summed E-state index contributed by atoms with van der Waals surface area (Å²) in [6, 6.07) is 0. The normalized spacial score (nSPS) is 13.7. The standard InChI is InChI=1S/C14H26O7S.Na.H/c1-13(2,3)8-20-11(15)7-10(22(17,18)19)12(16)21-9-14(4,5)6;;/h10H,7-9H2,1-6H3,(H,17,18,19);;/q;+1;-1. The van der Waals surface area contributed by atoms with Gasteiger partial charge in [0.1, 0.15) is 0 Å². The first-order valence-corrected chi connectivity index (χ1v) is 8.41. The minimum atomic E-state index is -4.76. The molecular weight excluding hydrogens is 335 g/mol. The van der Waals surface area contributed by atoms with Gasteiger partial charge in [0.2, 0.25) is 0 Å². The SMILES string of the molecule is CC(C)(C)COC(=O)CC(C(=O)OCC(C)(C)C)S(=O)(=O)O.[H-].[Na+]. The maximum Gasteiger partial charge on any atom is 1.00 e. The zero-order chi connectivity index (χ0) is 17.8. The summed E-state index contributed by atoms with van der Waals surface area (Å²) in [6.45, 7) is 10.9. The number of esters is 2. The third-order valence-electron chi connectivity index (χ3n) is 2.29. The van der Waals surface area contributed by atoms with E-state index < -0.39 is 33.7 Å². The van der Waals surface area contributed by atoms with Crippen LogP contribution < -0.4 is 29.6 Å². The molecule has 0 aliphatic heterocycles. The molecule has 0 bridgehead atoms. The monoisotopic (exact) mass is 362 g/mol. The Morgan fingerprint density at radius 3 is 1.74 bits per heavy atom. The molecule has 1 unspecified atom stereocenters. The number of carbonyl (C=O) groups is 2. The van der Waals surface area contributed by atoms with Crippen molar-refractivity contribution in [2.24, 2.45) is 10.8 Å². The van der Waals surface area contributed by atoms with Crippen LogP contribution in [0.3, 0.4) is 0 Å². The molecule has 0 aliphatic carbocycles. The fourth-order valence-electron chi connectivity index (χ4n) is 1.20. The molecule has 7 nitrogen and oxygen atoms in total. The maximum absolute atomic E-state index is 11.8. The van der Waals surface area contributed by atoms with Gasteiger partial charge in [0.05, 0.1) is 19.6 Å². The van der Waals surface area contributed by atoms with Gasteiger partial charge in [-0.2, -0.15) is 8.42 Å². The van der Waals surface area contributed by atoms with Crippen LogP contribution in [0.5, 0.6) is 0 Å². The van der Waals surface area contributed by atoms with Crippen molar-refractivity contribution in [1.82, 2.24) is 0 Å². The van der Waals surface area contributed by atoms with Gasteiger partial charge in [-0.05, 0) is 10.8 Å². The molecule has 0 rings (SSSR count). The molecule has 23 heavy (non-hydrogen) atoms. The molecule has 0 aromatic carbocycles. The van der Waals surface area contributed by atoms with E-state index >= 15 is 0 Å². The Kier molecular flexibility index (Phi) is 10.2. The van der Waals surface area contributed by atoms with Gasteiger partial charge in [0, 0.05) is 0 Å². The largest absolute Gasteiger partial charge is 1.00 e. The summed E-state index contributed by atoms with van der Waals surface area (Å²) in [5.41, 5.74) is -0.665. The number of ether oxygens (including phenoxy) is 2. The van der Waals surface area contributed by atoms with E-state index in [0.29, 0.717) is 0 Å². The Bertz CT molecular complexity index is 506. The molecule has 0 spiro atoms. The van der Waals surface area contributed by atoms with Gasteiger partial charge in [-0.25, -0.2) is 0 Å². The second-order valence-electron chi connectivity index (χ2n) is 7.60. The summed E-state index contributed by atoms with van der Waals surface area (Å²) in [6.07, 6.45) is -0.780. The minimum Gasteiger partial charge on any atom is -1.00 e. The fraction of sp³-hybridized carbons (Fsp3) is 0.857. The molecule has 9 heteroatoms. The third kappa shape index (κ3) is 12.9. The molecule has 0 heterocycles. The van der Waals surface area contributed by atoms with Gasteiger partial charge in [0.15, 0.2) is 5.25 Å². The maximum atomic E-state index is 11.8. The molecule has 0 saturated heterocycles. The zero-order valence-corrected chi connectivity index (χ0v) is 17.8. The molecule has 0 aromatic rings. The number of carbonyl (C=O) groups excluding carboxylic acids is 2. The van der Waals surface area contributed by atoms with Crippen molar-refractivity contribution in [1.29, 1.82) is 0 Å². The molecule has 0 radical (unpaired) electrons. The molecule has 0 aromatic heterocycles. The van der Waals surface area contributed by atoms with Crippen LogP contribution in [0.4, 0.5) is 0 Å². The topological polar surface area (TPSA) is 107 Å². The summed E-state index contributed by atoms with van der Waals surface area (Å²) in [5, 5.41) is -1.97. The molecule has 1 atom stereocenters. The van der Waals surface area contributed by atoms with E-state index in [2.05, 4.69) is 0 Å². The van der Waals surface area contributed by atoms with Crippen molar-refractivity contribution in [3.8, 4) is 0 Å². The van der Waals surface area contributed by atoms with Gasteiger partial charge in [-0.3, -0.25) is 14.1 Å². The van der Waals surface area contributed by atoms with Crippen LogP contribution in [0.2, 0.25) is 0 Å². The van der Waals surface area contributed by atoms with E-state index in [1.807, 2.05) is 20.8 Å². The van der Waals surface area contributed by atoms with Gasteiger partial charge in [0.25, 0.3) is 10.1 Å². The first kappa shape index (κ1) is 25.1. The van der Waals surface area contributed by atoms with E-state index in [0.717, 1.165) is 0 Å². The molecule has 0 fully saturated rings. The van der Waals surface area contributed by atoms with E-state index in [9.17, 15) is 18.0 Å². The van der Waals surface area contributed by atoms with Crippen molar-refractivity contribution < 1.29 is 63.0 Å². The second kappa shape index (κ2) is 9.36. The number of hydrogen-bond acceptors (Lipinski definition) is 6. The Labute approximate surface area is 162 Å². The van der Waals surface area contributed by atoms with Crippen molar-refractivity contribution in [3.05, 3.63) is 0 Å². The first-order chi connectivity index (χ1) is 9.62. The number of rotatable bonds is 6. The molecule has 132 valence electrons. The average Bonchev–Trinajstić information content (AvgIpc) is 2.27. The predicted octanol–water partition coefficient (Wildman–Crippen LogP) is -1.07. The van der Waals surface area contributed by atoms with Gasteiger partial charge in [-0.15, -0.1) is 0 Å². The van der Waals surface area contributed by atoms with E-state index in [1.54, 1.807) is 20.8 Å². The van der Waals surface area contributed by atoms with Crippen LogP contribution in [0.1, 0.15) is 49.4 Å². The quantitative estimate of drug-likeness (QED) is 0.364. The van der Waals surface area contributed by atoms with Crippen molar-refractivity contribution in [2.75, 3.05) is 13.2 Å². The molecule has 0 saturated carbocycles. The van der Waals surface area contributed by atoms with Crippen LogP contribution in [-0.4, -0.2) is 43.4 Å². The Morgan fingerprint density at radius 2 is 1.39 bits per heavy atom. The minimum absolute atomic E-state index is 0. The molecule has 0 aliphatic rings. The zero-order valence-electron chi connectivity index (χ0n) is 16.0. The summed E-state index contributed by atoms with van der Waals surface area (Å²) in [5.74, 6) is -2.05. The second-order valence-corrected chi connectivity index (χ2v) is 9.20. The molecule has 0 amide bonds. The third-order valence-corrected chi connectivity index (χ3v) is 3.37. The first-order valence-electron chi connectivity index (χ1n) is 6.90. The average molecular weight is 362 g/mol. The smallest absolute Gasteiger partial charge is 1.00 e. The van der Waals surface area contributed by atoms with E-state index in [4.69, 9.17) is 14.0 Å². The van der Waals surface area contributed by atoms with Gasteiger partial charge in [-0.1, -0.05) is 41.5 Å². The van der Waals surface area contributed by atoms with Crippen LogP contribution in [0, 0.1) is 10.8 Å². The Morgan fingerprint density at radius 1 is 1.00 bits per heavy atom. The van der Waals surface area contributed by atoms with Crippen molar-refractivity contribution in [2.45, 2.75) is 53.2 Å². The van der Waals surface area contributed by atoms with Crippen LogP contribution in [0.25, 0.3) is 0 Å². The van der Waals surface area contributed by atoms with Gasteiger partial charge < -0.3 is 10.9 Å². The number of hydrogen-bond donors (Lipinski definition) is 1. The molecular formula is C14H27NaO7S. The fourth-order valence-corrected chi connectivity index (χ4v) is 1.86. The summed E-state index contributed by atoms with van der Waals surface area (Å²) >= 11 is 0. The van der Waals surface area contributed by atoms with Crippen LogP contribution in [-0.2, 0) is 29.2 Å². The summed E-state index contributed by atoms with van der Waals surface area (Å²) < 4.78 is 41.4.